The van der Waals surface area contributed by atoms with Crippen LogP contribution in [0.25, 0.3) is 10.4 Å². The van der Waals surface area contributed by atoms with Crippen LogP contribution in [0.3, 0.4) is 0 Å². The van der Waals surface area contributed by atoms with Gasteiger partial charge in [-0.3, -0.25) is 4.79 Å². The highest BCUT2D eigenvalue weighted by molar-refractivity contribution is 7.16. The first kappa shape index (κ1) is 19.0. The van der Waals surface area contributed by atoms with E-state index in [2.05, 4.69) is 0 Å². The molecule has 2 rings (SSSR count). The molecule has 1 nitrogen and oxygen atoms in total. The summed E-state index contributed by atoms with van der Waals surface area (Å²) in [5.74, 6) is -12.2. The molecule has 0 saturated heterocycles. The molecule has 0 aliphatic carbocycles. The molecule has 0 unspecified atom stereocenters. The van der Waals surface area contributed by atoms with E-state index in [9.17, 15) is 35.5 Å². The van der Waals surface area contributed by atoms with E-state index in [-0.39, 0.29) is 4.88 Å². The molecule has 0 aliphatic rings. The molecule has 2 aromatic rings. The van der Waals surface area contributed by atoms with Crippen molar-refractivity contribution in [1.29, 1.82) is 0 Å². The summed E-state index contributed by atoms with van der Waals surface area (Å²) in [4.78, 5) is 11.8. The van der Waals surface area contributed by atoms with Gasteiger partial charge in [-0.2, -0.15) is 30.7 Å². The van der Waals surface area contributed by atoms with E-state index in [1.807, 2.05) is 5.92 Å². The zero-order valence-corrected chi connectivity index (χ0v) is 12.8. The molecule has 0 atom stereocenters. The summed E-state index contributed by atoms with van der Waals surface area (Å²) in [5.41, 5.74) is 0.765. The van der Waals surface area contributed by atoms with Crippen molar-refractivity contribution in [2.24, 2.45) is 0 Å². The highest BCUT2D eigenvalue weighted by Crippen LogP contribution is 2.46. The quantitative estimate of drug-likeness (QED) is 0.531. The molecule has 0 saturated carbocycles. The third-order valence-corrected chi connectivity index (χ3v) is 4.05. The van der Waals surface area contributed by atoms with Crippen LogP contribution in [0.2, 0.25) is 0 Å². The first-order valence-electron chi connectivity index (χ1n) is 6.51. The van der Waals surface area contributed by atoms with Crippen molar-refractivity contribution in [3.63, 3.8) is 0 Å². The fraction of sp³-hybridized carbons (Fsp3) is 0.188. The number of hydrogen-bond acceptors (Lipinski definition) is 2. The molecule has 0 amide bonds. The minimum absolute atomic E-state index is 0.0679. The topological polar surface area (TPSA) is 17.1 Å². The van der Waals surface area contributed by atoms with Gasteiger partial charge in [0, 0.05) is 4.88 Å². The second kappa shape index (κ2) is 6.52. The summed E-state index contributed by atoms with van der Waals surface area (Å²) in [6, 6.07) is 11.6. The third-order valence-electron chi connectivity index (χ3n) is 3.00. The largest absolute Gasteiger partial charge is 0.460 e. The van der Waals surface area contributed by atoms with Crippen LogP contribution in [0.5, 0.6) is 0 Å². The van der Waals surface area contributed by atoms with Gasteiger partial charge in [-0.1, -0.05) is 30.3 Å². The second-order valence-corrected chi connectivity index (χ2v) is 5.84. The maximum absolute atomic E-state index is 13.1. The lowest BCUT2D eigenvalue weighted by atomic mass is 10.1. The van der Waals surface area contributed by atoms with Crippen molar-refractivity contribution in [2.45, 2.75) is 18.0 Å². The molecular formula is C16H7F7OS. The van der Waals surface area contributed by atoms with Crippen LogP contribution in [0.15, 0.2) is 42.5 Å². The summed E-state index contributed by atoms with van der Waals surface area (Å²) in [7, 11) is 0. The summed E-state index contributed by atoms with van der Waals surface area (Å²) in [6.45, 7) is 0. The summed E-state index contributed by atoms with van der Waals surface area (Å²) < 4.78 is 87.8. The van der Waals surface area contributed by atoms with Crippen molar-refractivity contribution in [2.75, 3.05) is 0 Å². The monoisotopic (exact) mass is 380 g/mol. The Hall–Kier alpha value is -2.34. The molecule has 0 spiro atoms. The molecule has 1 heterocycles. The Kier molecular flexibility index (Phi) is 4.95. The number of alkyl halides is 7. The lowest BCUT2D eigenvalue weighted by Gasteiger charge is -2.25. The molecule has 1 aromatic carbocycles. The van der Waals surface area contributed by atoms with E-state index in [1.54, 1.807) is 36.4 Å². The fourth-order valence-corrected chi connectivity index (χ4v) is 2.55. The van der Waals surface area contributed by atoms with Gasteiger partial charge in [-0.15, -0.1) is 11.3 Å². The smallest absolute Gasteiger partial charge is 0.278 e. The molecule has 0 aliphatic heterocycles. The van der Waals surface area contributed by atoms with E-state index >= 15 is 0 Å². The van der Waals surface area contributed by atoms with E-state index in [0.29, 0.717) is 4.88 Å². The van der Waals surface area contributed by atoms with Gasteiger partial charge >= 0.3 is 18.0 Å². The summed E-state index contributed by atoms with van der Waals surface area (Å²) in [5, 5.41) is 0. The summed E-state index contributed by atoms with van der Waals surface area (Å²) >= 11 is 0.971. The Bertz CT molecular complexity index is 825. The van der Waals surface area contributed by atoms with E-state index in [1.165, 1.54) is 12.0 Å². The van der Waals surface area contributed by atoms with Crippen LogP contribution in [0.1, 0.15) is 4.88 Å². The van der Waals surface area contributed by atoms with Gasteiger partial charge in [-0.25, -0.2) is 0 Å². The molecule has 0 N–H and O–H groups in total. The van der Waals surface area contributed by atoms with Crippen LogP contribution >= 0.6 is 11.3 Å². The zero-order chi connectivity index (χ0) is 18.9. The second-order valence-electron chi connectivity index (χ2n) is 4.76. The Morgan fingerprint density at radius 1 is 0.880 bits per heavy atom. The predicted molar refractivity (Wildman–Crippen MR) is 77.6 cm³/mol. The van der Waals surface area contributed by atoms with E-state index < -0.39 is 23.8 Å². The van der Waals surface area contributed by atoms with Gasteiger partial charge in [0.25, 0.3) is 5.78 Å². The van der Waals surface area contributed by atoms with Gasteiger partial charge in [0.15, 0.2) is 0 Å². The Morgan fingerprint density at radius 2 is 1.48 bits per heavy atom. The molecule has 25 heavy (non-hydrogen) atoms. The average molecular weight is 380 g/mol. The van der Waals surface area contributed by atoms with Crippen LogP contribution in [-0.4, -0.2) is 23.8 Å². The molecule has 9 heteroatoms. The van der Waals surface area contributed by atoms with Gasteiger partial charge in [0.2, 0.25) is 0 Å². The molecule has 0 bridgehead atoms. The van der Waals surface area contributed by atoms with E-state index in [0.717, 1.165) is 16.9 Å². The number of carbonyl (C=O) groups is 1. The van der Waals surface area contributed by atoms with E-state index in [4.69, 9.17) is 0 Å². The van der Waals surface area contributed by atoms with Gasteiger partial charge in [-0.05, 0) is 29.5 Å². The Morgan fingerprint density at radius 3 is 2.04 bits per heavy atom. The molecule has 1 aromatic heterocycles. The van der Waals surface area contributed by atoms with Crippen LogP contribution in [0, 0.1) is 11.8 Å². The van der Waals surface area contributed by atoms with Crippen molar-refractivity contribution >= 4 is 17.1 Å². The van der Waals surface area contributed by atoms with Gasteiger partial charge in [0.1, 0.15) is 0 Å². The number of benzene rings is 1. The minimum atomic E-state index is -6.57. The number of ketones is 1. The van der Waals surface area contributed by atoms with Crippen LogP contribution in [0.4, 0.5) is 30.7 Å². The Balaban J connectivity index is 2.24. The molecule has 132 valence electrons. The number of hydrogen-bond donors (Lipinski definition) is 0. The highest BCUT2D eigenvalue weighted by Gasteiger charge is 2.75. The average Bonchev–Trinajstić information content (AvgIpc) is 3.01. The summed E-state index contributed by atoms with van der Waals surface area (Å²) in [6.07, 6.45) is -6.57. The third kappa shape index (κ3) is 3.69. The van der Waals surface area contributed by atoms with Crippen molar-refractivity contribution < 1.29 is 35.5 Å². The normalized spacial score (nSPS) is 12.4. The number of Topliss-reactive ketones (excluding diaryl/α,β-unsaturated/α-hetero) is 1. The molecular weight excluding hydrogens is 373 g/mol. The lowest BCUT2D eigenvalue weighted by molar-refractivity contribution is -0.342. The maximum Gasteiger partial charge on any atom is 0.460 e. The predicted octanol–water partition coefficient (Wildman–Crippen LogP) is 5.17. The standard InChI is InChI=1S/C16H7F7OS/c17-14(18,15(19,20)16(21,22)23)13(24)9-7-11-6-8-12(25-11)10-4-2-1-3-5-10/h1-6,8H. The van der Waals surface area contributed by atoms with Crippen LogP contribution < -0.4 is 0 Å². The SMILES string of the molecule is O=C(C#Cc1ccc(-c2ccccc2)s1)C(F)(F)C(F)(F)C(F)(F)F. The van der Waals surface area contributed by atoms with Crippen LogP contribution in [-0.2, 0) is 4.79 Å². The minimum Gasteiger partial charge on any atom is -0.278 e. The number of rotatable bonds is 3. The maximum atomic E-state index is 13.1. The first-order valence-corrected chi connectivity index (χ1v) is 7.32. The van der Waals surface area contributed by atoms with Crippen molar-refractivity contribution in [1.82, 2.24) is 0 Å². The highest BCUT2D eigenvalue weighted by atomic mass is 32.1. The first-order chi connectivity index (χ1) is 11.5. The van der Waals surface area contributed by atoms with Crippen molar-refractivity contribution in [3.8, 4) is 22.3 Å². The number of carbonyl (C=O) groups excluding carboxylic acids is 1. The fourth-order valence-electron chi connectivity index (χ4n) is 1.68. The Labute approximate surface area is 141 Å². The number of halogens is 7. The van der Waals surface area contributed by atoms with Gasteiger partial charge < -0.3 is 0 Å². The van der Waals surface area contributed by atoms with Crippen molar-refractivity contribution in [3.05, 3.63) is 47.3 Å². The van der Waals surface area contributed by atoms with Gasteiger partial charge in [0.05, 0.1) is 4.88 Å². The number of thiophene rings is 1. The lowest BCUT2D eigenvalue weighted by Crippen LogP contribution is -2.55. The zero-order valence-electron chi connectivity index (χ0n) is 12.0. The molecule has 0 radical (unpaired) electrons. The molecule has 0 fully saturated rings.